The van der Waals surface area contributed by atoms with Crippen molar-refractivity contribution in [2.45, 2.75) is 20.3 Å². The van der Waals surface area contributed by atoms with Crippen LogP contribution in [0.3, 0.4) is 0 Å². The summed E-state index contributed by atoms with van der Waals surface area (Å²) in [6.07, 6.45) is 1.79. The van der Waals surface area contributed by atoms with Gasteiger partial charge in [-0.1, -0.05) is 5.16 Å². The molecule has 0 spiro atoms. The highest BCUT2D eigenvalue weighted by molar-refractivity contribution is 5.79. The van der Waals surface area contributed by atoms with Gasteiger partial charge in [0.05, 0.1) is 25.8 Å². The van der Waals surface area contributed by atoms with Crippen molar-refractivity contribution >= 4 is 12.2 Å². The van der Waals surface area contributed by atoms with Gasteiger partial charge in [0.15, 0.2) is 0 Å². The fraction of sp³-hybridized carbons (Fsp3) is 0.429. The SMILES string of the molecule is CCOC(=O)CCO/N=C/c1ccc(OCC)cc1. The minimum atomic E-state index is -0.279. The quantitative estimate of drug-likeness (QED) is 0.313. The van der Waals surface area contributed by atoms with Crippen molar-refractivity contribution in [3.05, 3.63) is 29.8 Å². The van der Waals surface area contributed by atoms with Crippen LogP contribution in [0, 0.1) is 0 Å². The molecule has 0 radical (unpaired) electrons. The Morgan fingerprint density at radius 3 is 2.58 bits per heavy atom. The Bertz CT molecular complexity index is 400. The van der Waals surface area contributed by atoms with E-state index in [9.17, 15) is 4.79 Å². The van der Waals surface area contributed by atoms with Crippen LogP contribution in [0.15, 0.2) is 29.4 Å². The number of oxime groups is 1. The number of rotatable bonds is 8. The van der Waals surface area contributed by atoms with Gasteiger partial charge in [0.25, 0.3) is 0 Å². The minimum Gasteiger partial charge on any atom is -0.494 e. The molecular formula is C14H19NO4. The highest BCUT2D eigenvalue weighted by Crippen LogP contribution is 2.10. The van der Waals surface area contributed by atoms with E-state index >= 15 is 0 Å². The summed E-state index contributed by atoms with van der Waals surface area (Å²) in [5.41, 5.74) is 0.902. The van der Waals surface area contributed by atoms with E-state index in [-0.39, 0.29) is 19.0 Å². The van der Waals surface area contributed by atoms with Crippen molar-refractivity contribution < 1.29 is 19.1 Å². The molecule has 19 heavy (non-hydrogen) atoms. The Morgan fingerprint density at radius 2 is 1.95 bits per heavy atom. The Hall–Kier alpha value is -2.04. The predicted molar refractivity (Wildman–Crippen MR) is 72.4 cm³/mol. The number of hydrogen-bond acceptors (Lipinski definition) is 5. The molecule has 0 saturated heterocycles. The average Bonchev–Trinajstić information content (AvgIpc) is 2.41. The summed E-state index contributed by atoms with van der Waals surface area (Å²) in [7, 11) is 0. The summed E-state index contributed by atoms with van der Waals surface area (Å²) >= 11 is 0. The van der Waals surface area contributed by atoms with Crippen molar-refractivity contribution in [3.8, 4) is 5.75 Å². The fourth-order valence-electron chi connectivity index (χ4n) is 1.33. The molecule has 0 heterocycles. The maximum atomic E-state index is 11.0. The van der Waals surface area contributed by atoms with Gasteiger partial charge >= 0.3 is 5.97 Å². The van der Waals surface area contributed by atoms with Crippen LogP contribution < -0.4 is 4.74 Å². The first-order valence-corrected chi connectivity index (χ1v) is 6.30. The smallest absolute Gasteiger partial charge is 0.309 e. The summed E-state index contributed by atoms with van der Waals surface area (Å²) in [5, 5.41) is 3.78. The number of ether oxygens (including phenoxy) is 2. The van der Waals surface area contributed by atoms with E-state index in [0.29, 0.717) is 13.2 Å². The summed E-state index contributed by atoms with van der Waals surface area (Å²) in [5.74, 6) is 0.543. The molecule has 5 heteroatoms. The van der Waals surface area contributed by atoms with E-state index in [0.717, 1.165) is 11.3 Å². The Morgan fingerprint density at radius 1 is 1.21 bits per heavy atom. The molecule has 0 bridgehead atoms. The molecule has 104 valence electrons. The molecule has 1 rings (SSSR count). The van der Waals surface area contributed by atoms with E-state index < -0.39 is 0 Å². The van der Waals surface area contributed by atoms with Crippen LogP contribution in [0.1, 0.15) is 25.8 Å². The fourth-order valence-corrected chi connectivity index (χ4v) is 1.33. The molecule has 0 amide bonds. The van der Waals surface area contributed by atoms with Crippen molar-refractivity contribution in [2.75, 3.05) is 19.8 Å². The first-order valence-electron chi connectivity index (χ1n) is 6.30. The van der Waals surface area contributed by atoms with Gasteiger partial charge in [0, 0.05) is 0 Å². The normalized spacial score (nSPS) is 10.4. The number of esters is 1. The van der Waals surface area contributed by atoms with Crippen molar-refractivity contribution in [2.24, 2.45) is 5.16 Å². The lowest BCUT2D eigenvalue weighted by molar-refractivity contribution is -0.144. The van der Waals surface area contributed by atoms with Gasteiger partial charge in [-0.05, 0) is 43.7 Å². The lowest BCUT2D eigenvalue weighted by atomic mass is 10.2. The zero-order valence-electron chi connectivity index (χ0n) is 11.3. The maximum absolute atomic E-state index is 11.0. The van der Waals surface area contributed by atoms with Gasteiger partial charge in [-0.3, -0.25) is 4.79 Å². The molecule has 1 aromatic rings. The predicted octanol–water partition coefficient (Wildman–Crippen LogP) is 2.39. The molecule has 0 aliphatic rings. The van der Waals surface area contributed by atoms with E-state index in [4.69, 9.17) is 14.3 Å². The van der Waals surface area contributed by atoms with Gasteiger partial charge in [-0.15, -0.1) is 0 Å². The molecule has 0 aliphatic heterocycles. The molecule has 0 N–H and O–H groups in total. The van der Waals surface area contributed by atoms with Crippen LogP contribution >= 0.6 is 0 Å². The first-order chi connectivity index (χ1) is 9.26. The second-order valence-electron chi connectivity index (χ2n) is 3.62. The van der Waals surface area contributed by atoms with Crippen molar-refractivity contribution in [1.82, 2.24) is 0 Å². The third-order valence-corrected chi connectivity index (χ3v) is 2.17. The highest BCUT2D eigenvalue weighted by atomic mass is 16.6. The lowest BCUT2D eigenvalue weighted by Gasteiger charge is -2.02. The largest absolute Gasteiger partial charge is 0.494 e. The third kappa shape index (κ3) is 6.45. The molecule has 0 aromatic heterocycles. The topological polar surface area (TPSA) is 57.1 Å². The van der Waals surface area contributed by atoms with E-state index in [1.807, 2.05) is 31.2 Å². The highest BCUT2D eigenvalue weighted by Gasteiger charge is 2.00. The van der Waals surface area contributed by atoms with Gasteiger partial charge in [0.2, 0.25) is 0 Å². The second-order valence-corrected chi connectivity index (χ2v) is 3.62. The average molecular weight is 265 g/mol. The Balaban J connectivity index is 2.26. The van der Waals surface area contributed by atoms with E-state index in [2.05, 4.69) is 5.16 Å². The zero-order valence-corrected chi connectivity index (χ0v) is 11.3. The summed E-state index contributed by atoms with van der Waals surface area (Å²) in [6, 6.07) is 7.49. The van der Waals surface area contributed by atoms with Gasteiger partial charge in [-0.25, -0.2) is 0 Å². The maximum Gasteiger partial charge on any atom is 0.309 e. The number of nitrogens with zero attached hydrogens (tertiary/aromatic N) is 1. The molecule has 0 saturated carbocycles. The molecule has 1 aromatic carbocycles. The van der Waals surface area contributed by atoms with Crippen molar-refractivity contribution in [1.29, 1.82) is 0 Å². The second kappa shape index (κ2) is 8.97. The minimum absolute atomic E-state index is 0.203. The Kier molecular flexibility index (Phi) is 7.09. The van der Waals surface area contributed by atoms with E-state index in [1.165, 1.54) is 0 Å². The van der Waals surface area contributed by atoms with Gasteiger partial charge in [-0.2, -0.15) is 0 Å². The molecular weight excluding hydrogens is 246 g/mol. The zero-order chi connectivity index (χ0) is 13.9. The molecule has 0 aliphatic carbocycles. The van der Waals surface area contributed by atoms with Crippen LogP contribution in [0.4, 0.5) is 0 Å². The number of benzene rings is 1. The third-order valence-electron chi connectivity index (χ3n) is 2.17. The lowest BCUT2D eigenvalue weighted by Crippen LogP contribution is -2.06. The molecule has 0 unspecified atom stereocenters. The number of hydrogen-bond donors (Lipinski definition) is 0. The van der Waals surface area contributed by atoms with Crippen LogP contribution in [0.25, 0.3) is 0 Å². The summed E-state index contributed by atoms with van der Waals surface area (Å²) in [6.45, 7) is 4.95. The summed E-state index contributed by atoms with van der Waals surface area (Å²) < 4.78 is 10.1. The number of carbonyl (C=O) groups excluding carboxylic acids is 1. The summed E-state index contributed by atoms with van der Waals surface area (Å²) in [4.78, 5) is 16.0. The molecule has 5 nitrogen and oxygen atoms in total. The van der Waals surface area contributed by atoms with Crippen molar-refractivity contribution in [3.63, 3.8) is 0 Å². The van der Waals surface area contributed by atoms with E-state index in [1.54, 1.807) is 13.1 Å². The van der Waals surface area contributed by atoms with Crippen LogP contribution in [-0.2, 0) is 14.4 Å². The van der Waals surface area contributed by atoms with Crippen LogP contribution in [0.2, 0.25) is 0 Å². The van der Waals surface area contributed by atoms with Crippen LogP contribution in [-0.4, -0.2) is 32.0 Å². The first kappa shape index (κ1) is 15.0. The van der Waals surface area contributed by atoms with Gasteiger partial charge < -0.3 is 14.3 Å². The van der Waals surface area contributed by atoms with Crippen LogP contribution in [0.5, 0.6) is 5.75 Å². The monoisotopic (exact) mass is 265 g/mol. The standard InChI is InChI=1S/C14H19NO4/c1-3-17-13-7-5-12(6-8-13)11-15-19-10-9-14(16)18-4-2/h5-8,11H,3-4,9-10H2,1-2H3/b15-11+. The molecule has 0 fully saturated rings. The Labute approximate surface area is 113 Å². The molecule has 0 atom stereocenters. The van der Waals surface area contributed by atoms with Gasteiger partial charge in [0.1, 0.15) is 12.4 Å². The number of carbonyl (C=O) groups is 1.